The van der Waals surface area contributed by atoms with Gasteiger partial charge in [0.15, 0.2) is 22.2 Å². The van der Waals surface area contributed by atoms with Gasteiger partial charge >= 0.3 is 11.9 Å². The summed E-state index contributed by atoms with van der Waals surface area (Å²) in [5, 5.41) is 0.146. The maximum atomic E-state index is 12.8. The molecule has 0 aliphatic carbocycles. The number of rotatable bonds is 11. The number of ether oxygens (including phenoxy) is 4. The zero-order valence-electron chi connectivity index (χ0n) is 22.2. The molecule has 1 aromatic rings. The molecule has 8 heteroatoms. The summed E-state index contributed by atoms with van der Waals surface area (Å²) in [7, 11) is -0.801. The summed E-state index contributed by atoms with van der Waals surface area (Å²) in [5.41, 5.74) is 0.484. The van der Waals surface area contributed by atoms with Gasteiger partial charge in [-0.05, 0) is 57.7 Å². The van der Waals surface area contributed by atoms with Crippen LogP contribution in [-0.4, -0.2) is 58.5 Å². The highest BCUT2D eigenvalue weighted by atomic mass is 28.2. The Morgan fingerprint density at radius 2 is 1.83 bits per heavy atom. The molecular formula is C27H42O7Si. The Kier molecular flexibility index (Phi) is 11.6. The van der Waals surface area contributed by atoms with Gasteiger partial charge in [0.25, 0.3) is 0 Å². The van der Waals surface area contributed by atoms with E-state index in [1.165, 1.54) is 6.08 Å². The second-order valence-electron chi connectivity index (χ2n) is 10.6. The van der Waals surface area contributed by atoms with Crippen molar-refractivity contribution in [1.82, 2.24) is 0 Å². The van der Waals surface area contributed by atoms with Gasteiger partial charge in [-0.3, -0.25) is 0 Å². The third-order valence-electron chi connectivity index (χ3n) is 5.35. The van der Waals surface area contributed by atoms with Gasteiger partial charge in [0.2, 0.25) is 0 Å². The normalized spacial score (nSPS) is 24.2. The molecule has 35 heavy (non-hydrogen) atoms. The Balaban J connectivity index is 2.00. The fourth-order valence-electron chi connectivity index (χ4n) is 3.56. The molecule has 1 aliphatic heterocycles. The van der Waals surface area contributed by atoms with Gasteiger partial charge in [-0.1, -0.05) is 45.0 Å². The first-order chi connectivity index (χ1) is 16.4. The summed E-state index contributed by atoms with van der Waals surface area (Å²) in [6.07, 6.45) is 3.13. The number of benzene rings is 1. The summed E-state index contributed by atoms with van der Waals surface area (Å²) in [4.78, 5) is 24.4. The van der Waals surface area contributed by atoms with Gasteiger partial charge in [-0.15, -0.1) is 0 Å². The molecule has 1 aliphatic rings. The Morgan fingerprint density at radius 1 is 1.14 bits per heavy atom. The number of hydrogen-bond donors (Lipinski definition) is 0. The van der Waals surface area contributed by atoms with Crippen molar-refractivity contribution in [3.63, 3.8) is 0 Å². The van der Waals surface area contributed by atoms with Crippen LogP contribution in [-0.2, 0) is 28.2 Å². The van der Waals surface area contributed by atoms with Crippen LogP contribution in [0.1, 0.15) is 78.1 Å². The average molecular weight is 507 g/mol. The Labute approximate surface area is 212 Å². The Morgan fingerprint density at radius 3 is 2.46 bits per heavy atom. The number of carbonyl (C=O) groups excluding carboxylic acids is 2. The number of hydrogen-bond acceptors (Lipinski definition) is 7. The molecular weight excluding hydrogens is 464 g/mol. The van der Waals surface area contributed by atoms with Crippen LogP contribution < -0.4 is 0 Å². The largest absolute Gasteiger partial charge is 0.460 e. The summed E-state index contributed by atoms with van der Waals surface area (Å²) >= 11 is 0. The first-order valence-electron chi connectivity index (χ1n) is 12.5. The van der Waals surface area contributed by atoms with E-state index in [-0.39, 0.29) is 35.4 Å². The van der Waals surface area contributed by atoms with Crippen LogP contribution in [0.2, 0.25) is 5.04 Å². The van der Waals surface area contributed by atoms with Gasteiger partial charge in [0, 0.05) is 12.5 Å². The predicted molar refractivity (Wildman–Crippen MR) is 138 cm³/mol. The number of esters is 2. The van der Waals surface area contributed by atoms with Crippen LogP contribution in [0.4, 0.5) is 0 Å². The molecule has 0 bridgehead atoms. The summed E-state index contributed by atoms with van der Waals surface area (Å²) in [6, 6.07) is 8.91. The van der Waals surface area contributed by atoms with Gasteiger partial charge in [-0.2, -0.15) is 0 Å². The summed E-state index contributed by atoms with van der Waals surface area (Å²) in [6.45, 7) is 14.1. The van der Waals surface area contributed by atoms with E-state index in [0.717, 1.165) is 0 Å². The predicted octanol–water partition coefficient (Wildman–Crippen LogP) is 4.73. The average Bonchev–Trinajstić information content (AvgIpc) is 2.77. The van der Waals surface area contributed by atoms with E-state index in [1.807, 2.05) is 33.8 Å². The molecule has 0 saturated carbocycles. The van der Waals surface area contributed by atoms with Gasteiger partial charge in [0.1, 0.15) is 0 Å². The topological polar surface area (TPSA) is 80.3 Å². The molecule has 0 aromatic heterocycles. The highest BCUT2D eigenvalue weighted by molar-refractivity contribution is 6.31. The van der Waals surface area contributed by atoms with Crippen molar-refractivity contribution in [2.45, 2.75) is 110 Å². The maximum Gasteiger partial charge on any atom is 0.338 e. The van der Waals surface area contributed by atoms with E-state index in [0.29, 0.717) is 24.8 Å². The molecule has 1 heterocycles. The van der Waals surface area contributed by atoms with Crippen LogP contribution >= 0.6 is 0 Å². The van der Waals surface area contributed by atoms with Crippen molar-refractivity contribution >= 4 is 21.7 Å². The highest BCUT2D eigenvalue weighted by Crippen LogP contribution is 2.30. The first-order valence-corrected chi connectivity index (χ1v) is 13.8. The zero-order chi connectivity index (χ0) is 26.0. The van der Waals surface area contributed by atoms with Gasteiger partial charge in [-0.25, -0.2) is 9.59 Å². The third kappa shape index (κ3) is 11.1. The lowest BCUT2D eigenvalue weighted by molar-refractivity contribution is -0.270. The van der Waals surface area contributed by atoms with Gasteiger partial charge in [0.05, 0.1) is 30.0 Å². The molecule has 1 fully saturated rings. The minimum atomic E-state index is -0.801. The van der Waals surface area contributed by atoms with E-state index in [1.54, 1.807) is 30.3 Å². The molecule has 0 unspecified atom stereocenters. The molecule has 1 saturated heterocycles. The summed E-state index contributed by atoms with van der Waals surface area (Å²) in [5.74, 6) is -0.760. The molecule has 5 atom stereocenters. The summed E-state index contributed by atoms with van der Waals surface area (Å²) < 4.78 is 29.6. The molecule has 0 spiro atoms. The molecule has 0 radical (unpaired) electrons. The smallest absolute Gasteiger partial charge is 0.338 e. The van der Waals surface area contributed by atoms with Crippen molar-refractivity contribution in [2.75, 3.05) is 0 Å². The molecule has 2 rings (SSSR count). The lowest BCUT2D eigenvalue weighted by Gasteiger charge is -2.41. The quantitative estimate of drug-likeness (QED) is 0.244. The molecule has 196 valence electrons. The second-order valence-corrected chi connectivity index (χ2v) is 13.3. The fraction of sp³-hybridized carbons (Fsp3) is 0.630. The Bertz CT molecular complexity index is 819. The first kappa shape index (κ1) is 29.2. The van der Waals surface area contributed by atoms with Crippen LogP contribution in [0.5, 0.6) is 0 Å². The Hall–Kier alpha value is -2.00. The fourth-order valence-corrected chi connectivity index (χ4v) is 4.68. The number of allylic oxidation sites excluding steroid dienone is 1. The zero-order valence-corrected chi connectivity index (χ0v) is 23.6. The van der Waals surface area contributed by atoms with Crippen molar-refractivity contribution < 1.29 is 33.0 Å². The van der Waals surface area contributed by atoms with Crippen LogP contribution in [0.25, 0.3) is 0 Å². The van der Waals surface area contributed by atoms with E-state index in [9.17, 15) is 9.59 Å². The van der Waals surface area contributed by atoms with Gasteiger partial charge < -0.3 is 23.4 Å². The van der Waals surface area contributed by atoms with Crippen molar-refractivity contribution in [3.05, 3.63) is 48.0 Å². The molecule has 0 amide bonds. The molecule has 7 nitrogen and oxygen atoms in total. The molecule has 1 aromatic carbocycles. The van der Waals surface area contributed by atoms with Crippen molar-refractivity contribution in [2.24, 2.45) is 0 Å². The van der Waals surface area contributed by atoms with Crippen molar-refractivity contribution in [3.8, 4) is 0 Å². The standard InChI is InChI=1S/C27H42O7Si/c1-18(2)30-24(28)16-12-11-13-19(3)31-26-23(33-25(29)21-14-9-8-10-15-21)17-22(20(4)32-26)34-35-27(5,6)7/h8-10,12,14-16,18-20,22-23,26H,11,13,17,35H2,1-7H3/b16-12+/t19-,20+,22-,23-,26-/m1/s1. The minimum Gasteiger partial charge on any atom is -0.460 e. The maximum absolute atomic E-state index is 12.8. The number of carbonyl (C=O) groups is 2. The lowest BCUT2D eigenvalue weighted by atomic mass is 10.0. The monoisotopic (exact) mass is 506 g/mol. The van der Waals surface area contributed by atoms with E-state index in [2.05, 4.69) is 20.8 Å². The lowest BCUT2D eigenvalue weighted by Crippen LogP contribution is -2.51. The third-order valence-corrected chi connectivity index (χ3v) is 6.81. The van der Waals surface area contributed by atoms with E-state index >= 15 is 0 Å². The molecule has 0 N–H and O–H groups in total. The van der Waals surface area contributed by atoms with Crippen molar-refractivity contribution in [1.29, 1.82) is 0 Å². The van der Waals surface area contributed by atoms with Crippen LogP contribution in [0.15, 0.2) is 42.5 Å². The van der Waals surface area contributed by atoms with E-state index < -0.39 is 28.1 Å². The van der Waals surface area contributed by atoms with Crippen LogP contribution in [0.3, 0.4) is 0 Å². The van der Waals surface area contributed by atoms with E-state index in [4.69, 9.17) is 23.4 Å². The highest BCUT2D eigenvalue weighted by Gasteiger charge is 2.40. The SMILES string of the molecule is CC(C)OC(=O)/C=C/CC[C@@H](C)O[C@@H]1O[C@@H](C)[C@H](O[SiH2]C(C)(C)C)C[C@H]1OC(=O)c1ccccc1. The second kappa shape index (κ2) is 13.9. The minimum absolute atomic E-state index is 0.144. The van der Waals surface area contributed by atoms with Crippen LogP contribution in [0, 0.1) is 0 Å².